The van der Waals surface area contributed by atoms with Gasteiger partial charge in [-0.3, -0.25) is 0 Å². The van der Waals surface area contributed by atoms with Gasteiger partial charge in [-0.15, -0.1) is 6.58 Å². The lowest BCUT2D eigenvalue weighted by Gasteiger charge is -2.15. The van der Waals surface area contributed by atoms with Crippen LogP contribution in [-0.2, 0) is 6.42 Å². The standard InChI is InChI=1S/C13H18FNO/c1-4-6-11(15-2)9-10-7-5-8-12(16-3)13(10)14/h4-5,7-8,11,15H,1,6,9H2,2-3H3. The highest BCUT2D eigenvalue weighted by Crippen LogP contribution is 2.21. The topological polar surface area (TPSA) is 21.3 Å². The third-order valence-corrected chi connectivity index (χ3v) is 2.59. The Kier molecular flexibility index (Phi) is 4.99. The van der Waals surface area contributed by atoms with Gasteiger partial charge in [-0.05, 0) is 31.5 Å². The van der Waals surface area contributed by atoms with E-state index in [4.69, 9.17) is 4.74 Å². The first-order chi connectivity index (χ1) is 7.72. The molecule has 0 amide bonds. The maximum atomic E-state index is 13.8. The molecule has 0 aromatic heterocycles. The molecule has 0 spiro atoms. The van der Waals surface area contributed by atoms with Crippen molar-refractivity contribution < 1.29 is 9.13 Å². The molecule has 3 heteroatoms. The summed E-state index contributed by atoms with van der Waals surface area (Å²) in [4.78, 5) is 0. The van der Waals surface area contributed by atoms with Gasteiger partial charge < -0.3 is 10.1 Å². The van der Waals surface area contributed by atoms with E-state index in [1.165, 1.54) is 7.11 Å². The van der Waals surface area contributed by atoms with Gasteiger partial charge in [0, 0.05) is 6.04 Å². The largest absolute Gasteiger partial charge is 0.494 e. The van der Waals surface area contributed by atoms with E-state index in [0.29, 0.717) is 17.7 Å². The molecule has 1 aromatic carbocycles. The first-order valence-electron chi connectivity index (χ1n) is 5.32. The van der Waals surface area contributed by atoms with Crippen molar-refractivity contribution in [2.45, 2.75) is 18.9 Å². The number of methoxy groups -OCH3 is 1. The Morgan fingerprint density at radius 1 is 1.56 bits per heavy atom. The molecule has 0 saturated heterocycles. The molecule has 0 bridgehead atoms. The van der Waals surface area contributed by atoms with Crippen LogP contribution in [0.4, 0.5) is 4.39 Å². The van der Waals surface area contributed by atoms with Gasteiger partial charge in [0.2, 0.25) is 0 Å². The number of rotatable bonds is 6. The third-order valence-electron chi connectivity index (χ3n) is 2.59. The number of likely N-dealkylation sites (N-methyl/N-ethyl adjacent to an activating group) is 1. The van der Waals surface area contributed by atoms with Gasteiger partial charge in [-0.25, -0.2) is 4.39 Å². The Hall–Kier alpha value is -1.35. The molecule has 0 saturated carbocycles. The van der Waals surface area contributed by atoms with E-state index in [9.17, 15) is 4.39 Å². The summed E-state index contributed by atoms with van der Waals surface area (Å²) in [7, 11) is 3.34. The zero-order chi connectivity index (χ0) is 12.0. The quantitative estimate of drug-likeness (QED) is 0.748. The van der Waals surface area contributed by atoms with Gasteiger partial charge in [-0.2, -0.15) is 0 Å². The van der Waals surface area contributed by atoms with Crippen molar-refractivity contribution in [1.82, 2.24) is 5.32 Å². The normalized spacial score (nSPS) is 12.2. The maximum Gasteiger partial charge on any atom is 0.168 e. The predicted molar refractivity (Wildman–Crippen MR) is 64.3 cm³/mol. The summed E-state index contributed by atoms with van der Waals surface area (Å²) in [5.41, 5.74) is 0.667. The molecule has 0 aliphatic heterocycles. The molecular weight excluding hydrogens is 205 g/mol. The molecular formula is C13H18FNO. The van der Waals surface area contributed by atoms with Gasteiger partial charge in [0.05, 0.1) is 7.11 Å². The molecule has 2 nitrogen and oxygen atoms in total. The molecule has 0 aliphatic rings. The van der Waals surface area contributed by atoms with E-state index in [2.05, 4.69) is 11.9 Å². The van der Waals surface area contributed by atoms with E-state index in [-0.39, 0.29) is 11.9 Å². The van der Waals surface area contributed by atoms with E-state index in [0.717, 1.165) is 6.42 Å². The molecule has 0 fully saturated rings. The zero-order valence-electron chi connectivity index (χ0n) is 9.79. The monoisotopic (exact) mass is 223 g/mol. The van der Waals surface area contributed by atoms with Crippen molar-refractivity contribution in [3.8, 4) is 5.75 Å². The van der Waals surface area contributed by atoms with E-state index >= 15 is 0 Å². The van der Waals surface area contributed by atoms with Crippen molar-refractivity contribution in [2.75, 3.05) is 14.2 Å². The van der Waals surface area contributed by atoms with Crippen LogP contribution in [0, 0.1) is 5.82 Å². The number of hydrogen-bond acceptors (Lipinski definition) is 2. The van der Waals surface area contributed by atoms with Gasteiger partial charge >= 0.3 is 0 Å². The Bertz CT molecular complexity index is 352. The molecule has 0 aliphatic carbocycles. The van der Waals surface area contributed by atoms with Crippen molar-refractivity contribution in [3.05, 3.63) is 42.2 Å². The number of hydrogen-bond donors (Lipinski definition) is 1. The van der Waals surface area contributed by atoms with Gasteiger partial charge in [0.25, 0.3) is 0 Å². The summed E-state index contributed by atoms with van der Waals surface area (Å²) in [6.45, 7) is 3.69. The van der Waals surface area contributed by atoms with Crippen molar-refractivity contribution >= 4 is 0 Å². The van der Waals surface area contributed by atoms with Crippen LogP contribution in [0.2, 0.25) is 0 Å². The Labute approximate surface area is 96.1 Å². The van der Waals surface area contributed by atoms with Crippen molar-refractivity contribution in [3.63, 3.8) is 0 Å². The van der Waals surface area contributed by atoms with Crippen LogP contribution in [-0.4, -0.2) is 20.2 Å². The molecule has 88 valence electrons. The lowest BCUT2D eigenvalue weighted by molar-refractivity contribution is 0.382. The van der Waals surface area contributed by atoms with Crippen LogP contribution in [0.25, 0.3) is 0 Å². The summed E-state index contributed by atoms with van der Waals surface area (Å²) in [5, 5.41) is 3.14. The highest BCUT2D eigenvalue weighted by atomic mass is 19.1. The summed E-state index contributed by atoms with van der Waals surface area (Å²) in [6.07, 6.45) is 3.28. The fourth-order valence-electron chi connectivity index (χ4n) is 1.64. The number of ether oxygens (including phenoxy) is 1. The third kappa shape index (κ3) is 3.07. The average molecular weight is 223 g/mol. The zero-order valence-corrected chi connectivity index (χ0v) is 9.79. The molecule has 0 heterocycles. The minimum Gasteiger partial charge on any atom is -0.494 e. The predicted octanol–water partition coefficient (Wildman–Crippen LogP) is 2.54. The van der Waals surface area contributed by atoms with Crippen LogP contribution >= 0.6 is 0 Å². The second kappa shape index (κ2) is 6.28. The van der Waals surface area contributed by atoms with Crippen LogP contribution in [0.1, 0.15) is 12.0 Å². The summed E-state index contributed by atoms with van der Waals surface area (Å²) in [5.74, 6) is 0.0280. The number of nitrogens with one attached hydrogen (secondary N) is 1. The van der Waals surface area contributed by atoms with E-state index in [1.807, 2.05) is 13.1 Å². The van der Waals surface area contributed by atoms with Gasteiger partial charge in [0.15, 0.2) is 11.6 Å². The van der Waals surface area contributed by atoms with Crippen molar-refractivity contribution in [2.24, 2.45) is 0 Å². The van der Waals surface area contributed by atoms with Crippen LogP contribution in [0.5, 0.6) is 5.75 Å². The summed E-state index contributed by atoms with van der Waals surface area (Å²) >= 11 is 0. The Morgan fingerprint density at radius 2 is 2.31 bits per heavy atom. The summed E-state index contributed by atoms with van der Waals surface area (Å²) < 4.78 is 18.8. The molecule has 1 atom stereocenters. The van der Waals surface area contributed by atoms with Gasteiger partial charge in [-0.1, -0.05) is 18.2 Å². The average Bonchev–Trinajstić information content (AvgIpc) is 2.31. The SMILES string of the molecule is C=CCC(Cc1cccc(OC)c1F)NC. The van der Waals surface area contributed by atoms with Crippen LogP contribution < -0.4 is 10.1 Å². The van der Waals surface area contributed by atoms with E-state index in [1.54, 1.807) is 18.2 Å². The van der Waals surface area contributed by atoms with Crippen molar-refractivity contribution in [1.29, 1.82) is 0 Å². The minimum absolute atomic E-state index is 0.208. The lowest BCUT2D eigenvalue weighted by atomic mass is 10.0. The highest BCUT2D eigenvalue weighted by molar-refractivity contribution is 5.31. The highest BCUT2D eigenvalue weighted by Gasteiger charge is 2.12. The van der Waals surface area contributed by atoms with Crippen LogP contribution in [0.3, 0.4) is 0 Å². The first-order valence-corrected chi connectivity index (χ1v) is 5.32. The second-order valence-electron chi connectivity index (χ2n) is 3.65. The minimum atomic E-state index is -0.269. The van der Waals surface area contributed by atoms with Crippen LogP contribution in [0.15, 0.2) is 30.9 Å². The summed E-state index contributed by atoms with van der Waals surface area (Å²) in [6, 6.07) is 5.42. The lowest BCUT2D eigenvalue weighted by Crippen LogP contribution is -2.27. The first kappa shape index (κ1) is 12.7. The number of halogens is 1. The van der Waals surface area contributed by atoms with E-state index < -0.39 is 0 Å². The molecule has 0 radical (unpaired) electrons. The molecule has 1 aromatic rings. The molecule has 1 N–H and O–H groups in total. The smallest absolute Gasteiger partial charge is 0.168 e. The molecule has 1 unspecified atom stereocenters. The fourth-order valence-corrected chi connectivity index (χ4v) is 1.64. The fraction of sp³-hybridized carbons (Fsp3) is 0.385. The maximum absolute atomic E-state index is 13.8. The Balaban J connectivity index is 2.83. The van der Waals surface area contributed by atoms with Gasteiger partial charge in [0.1, 0.15) is 0 Å². The number of benzene rings is 1. The second-order valence-corrected chi connectivity index (χ2v) is 3.65. The molecule has 1 rings (SSSR count). The Morgan fingerprint density at radius 3 is 2.88 bits per heavy atom. The molecule has 16 heavy (non-hydrogen) atoms.